The molecule has 1 unspecified atom stereocenters. The maximum absolute atomic E-state index is 8.84. The smallest absolute Gasteiger partial charge is 0.0471 e. The zero-order valence-electron chi connectivity index (χ0n) is 9.95. The Hall–Kier alpha value is -1.02. The third kappa shape index (κ3) is 2.99. The van der Waals surface area contributed by atoms with Crippen LogP contribution in [0.1, 0.15) is 31.7 Å². The van der Waals surface area contributed by atoms with Gasteiger partial charge in [-0.05, 0) is 49.3 Å². The Morgan fingerprint density at radius 3 is 2.50 bits per heavy atom. The van der Waals surface area contributed by atoms with Crippen LogP contribution in [0.3, 0.4) is 0 Å². The normalized spacial score (nSPS) is 17.1. The van der Waals surface area contributed by atoms with Crippen molar-refractivity contribution in [1.29, 1.82) is 0 Å². The zero-order chi connectivity index (χ0) is 11.4. The number of nitrogens with one attached hydrogen (secondary N) is 1. The van der Waals surface area contributed by atoms with Crippen molar-refractivity contribution in [2.24, 2.45) is 5.92 Å². The Labute approximate surface area is 97.7 Å². The van der Waals surface area contributed by atoms with Crippen LogP contribution in [0.4, 0.5) is 5.69 Å². The van der Waals surface area contributed by atoms with E-state index >= 15 is 0 Å². The van der Waals surface area contributed by atoms with Crippen LogP contribution in [0.25, 0.3) is 0 Å². The second-order valence-electron chi connectivity index (χ2n) is 4.67. The largest absolute Gasteiger partial charge is 0.396 e. The van der Waals surface area contributed by atoms with Gasteiger partial charge in [0.15, 0.2) is 0 Å². The summed E-state index contributed by atoms with van der Waals surface area (Å²) in [4.78, 5) is 0. The summed E-state index contributed by atoms with van der Waals surface area (Å²) in [5.74, 6) is 0.891. The van der Waals surface area contributed by atoms with E-state index in [2.05, 4.69) is 36.5 Å². The lowest BCUT2D eigenvalue weighted by atomic mass is 10.1. The van der Waals surface area contributed by atoms with Crippen molar-refractivity contribution in [3.05, 3.63) is 29.8 Å². The molecule has 0 amide bonds. The fraction of sp³-hybridized carbons (Fsp3) is 0.571. The summed E-state index contributed by atoms with van der Waals surface area (Å²) < 4.78 is 0. The maximum Gasteiger partial charge on any atom is 0.0471 e. The molecular formula is C14H21NO. The molecule has 16 heavy (non-hydrogen) atoms. The van der Waals surface area contributed by atoms with Crippen molar-refractivity contribution < 1.29 is 5.11 Å². The molecule has 2 nitrogen and oxygen atoms in total. The van der Waals surface area contributed by atoms with Gasteiger partial charge >= 0.3 is 0 Å². The van der Waals surface area contributed by atoms with E-state index in [0.717, 1.165) is 12.3 Å². The summed E-state index contributed by atoms with van der Waals surface area (Å²) in [5.41, 5.74) is 2.41. The highest BCUT2D eigenvalue weighted by Crippen LogP contribution is 2.35. The number of rotatable bonds is 6. The molecule has 1 aromatic rings. The maximum atomic E-state index is 8.84. The molecule has 0 heterocycles. The van der Waals surface area contributed by atoms with Crippen LogP contribution in [0, 0.1) is 5.92 Å². The van der Waals surface area contributed by atoms with Crippen molar-refractivity contribution in [1.82, 2.24) is 0 Å². The van der Waals surface area contributed by atoms with Crippen LogP contribution >= 0.6 is 0 Å². The molecule has 2 rings (SSSR count). The first-order valence-corrected chi connectivity index (χ1v) is 6.30. The predicted octanol–water partition coefficient (Wildman–Crippen LogP) is 2.82. The summed E-state index contributed by atoms with van der Waals surface area (Å²) in [7, 11) is 0. The molecular weight excluding hydrogens is 198 g/mol. The molecule has 0 spiro atoms. The summed E-state index contributed by atoms with van der Waals surface area (Å²) in [6, 6.07) is 9.08. The Morgan fingerprint density at radius 1 is 1.31 bits per heavy atom. The van der Waals surface area contributed by atoms with E-state index in [1.807, 2.05) is 0 Å². The highest BCUT2D eigenvalue weighted by Gasteiger charge is 2.29. The number of aliphatic hydroxyl groups is 1. The SMILES string of the molecule is CCC(Nc1ccc(CCO)cc1)C1CC1. The van der Waals surface area contributed by atoms with Crippen LogP contribution in [0.5, 0.6) is 0 Å². The second kappa shape index (κ2) is 5.35. The van der Waals surface area contributed by atoms with E-state index in [1.54, 1.807) is 0 Å². The number of aliphatic hydroxyl groups excluding tert-OH is 1. The van der Waals surface area contributed by atoms with Crippen molar-refractivity contribution >= 4 is 5.69 Å². The molecule has 88 valence electrons. The van der Waals surface area contributed by atoms with Gasteiger partial charge in [-0.3, -0.25) is 0 Å². The predicted molar refractivity (Wildman–Crippen MR) is 67.7 cm³/mol. The van der Waals surface area contributed by atoms with Gasteiger partial charge in [0.1, 0.15) is 0 Å². The van der Waals surface area contributed by atoms with Gasteiger partial charge in [0.25, 0.3) is 0 Å². The Morgan fingerprint density at radius 2 is 2.00 bits per heavy atom. The van der Waals surface area contributed by atoms with E-state index in [4.69, 9.17) is 5.11 Å². The van der Waals surface area contributed by atoms with Crippen molar-refractivity contribution in [2.75, 3.05) is 11.9 Å². The molecule has 1 aliphatic rings. The van der Waals surface area contributed by atoms with E-state index < -0.39 is 0 Å². The summed E-state index contributed by atoms with van der Waals surface area (Å²) in [6.07, 6.45) is 4.71. The Bertz CT molecular complexity index is 316. The topological polar surface area (TPSA) is 32.3 Å². The minimum absolute atomic E-state index is 0.229. The first kappa shape index (κ1) is 11.5. The van der Waals surface area contributed by atoms with Crippen LogP contribution in [-0.2, 0) is 6.42 Å². The zero-order valence-corrected chi connectivity index (χ0v) is 9.95. The van der Waals surface area contributed by atoms with Crippen LogP contribution in [-0.4, -0.2) is 17.8 Å². The fourth-order valence-corrected chi connectivity index (χ4v) is 2.16. The number of hydrogen-bond acceptors (Lipinski definition) is 2. The minimum atomic E-state index is 0.229. The molecule has 2 N–H and O–H groups in total. The van der Waals surface area contributed by atoms with E-state index in [9.17, 15) is 0 Å². The average molecular weight is 219 g/mol. The first-order chi connectivity index (χ1) is 7.83. The molecule has 1 fully saturated rings. The molecule has 1 aliphatic carbocycles. The molecule has 0 aliphatic heterocycles. The van der Waals surface area contributed by atoms with E-state index in [0.29, 0.717) is 6.04 Å². The number of hydrogen-bond donors (Lipinski definition) is 2. The fourth-order valence-electron chi connectivity index (χ4n) is 2.16. The molecule has 1 aromatic carbocycles. The lowest BCUT2D eigenvalue weighted by Crippen LogP contribution is -2.20. The molecule has 1 atom stereocenters. The van der Waals surface area contributed by atoms with Crippen LogP contribution < -0.4 is 5.32 Å². The van der Waals surface area contributed by atoms with E-state index in [-0.39, 0.29) is 6.61 Å². The lowest BCUT2D eigenvalue weighted by Gasteiger charge is -2.17. The van der Waals surface area contributed by atoms with Gasteiger partial charge in [0.05, 0.1) is 0 Å². The quantitative estimate of drug-likeness (QED) is 0.771. The summed E-state index contributed by atoms with van der Waals surface area (Å²) >= 11 is 0. The molecule has 0 aromatic heterocycles. The highest BCUT2D eigenvalue weighted by molar-refractivity contribution is 5.45. The van der Waals surface area contributed by atoms with Gasteiger partial charge in [0, 0.05) is 18.3 Å². The summed E-state index contributed by atoms with van der Waals surface area (Å²) in [5, 5.41) is 12.4. The van der Waals surface area contributed by atoms with Crippen molar-refractivity contribution in [3.8, 4) is 0 Å². The molecule has 0 bridgehead atoms. The molecule has 2 heteroatoms. The van der Waals surface area contributed by atoms with Gasteiger partial charge in [-0.2, -0.15) is 0 Å². The third-order valence-electron chi connectivity index (χ3n) is 3.34. The molecule has 0 radical (unpaired) electrons. The Balaban J connectivity index is 1.92. The third-order valence-corrected chi connectivity index (χ3v) is 3.34. The standard InChI is InChI=1S/C14H21NO/c1-2-14(12-5-6-12)15-13-7-3-11(4-8-13)9-10-16/h3-4,7-8,12,14-16H,2,5-6,9-10H2,1H3. The average Bonchev–Trinajstić information content (AvgIpc) is 3.12. The molecule has 1 saturated carbocycles. The van der Waals surface area contributed by atoms with Crippen LogP contribution in [0.2, 0.25) is 0 Å². The minimum Gasteiger partial charge on any atom is -0.396 e. The van der Waals surface area contributed by atoms with Crippen molar-refractivity contribution in [3.63, 3.8) is 0 Å². The monoisotopic (exact) mass is 219 g/mol. The molecule has 0 saturated heterocycles. The van der Waals surface area contributed by atoms with Gasteiger partial charge in [-0.1, -0.05) is 19.1 Å². The van der Waals surface area contributed by atoms with Gasteiger partial charge in [-0.15, -0.1) is 0 Å². The van der Waals surface area contributed by atoms with E-state index in [1.165, 1.54) is 30.5 Å². The second-order valence-corrected chi connectivity index (χ2v) is 4.67. The highest BCUT2D eigenvalue weighted by atomic mass is 16.2. The number of anilines is 1. The van der Waals surface area contributed by atoms with Gasteiger partial charge in [0.2, 0.25) is 0 Å². The first-order valence-electron chi connectivity index (χ1n) is 6.30. The Kier molecular flexibility index (Phi) is 3.83. The van der Waals surface area contributed by atoms with Gasteiger partial charge < -0.3 is 10.4 Å². The number of benzene rings is 1. The van der Waals surface area contributed by atoms with Crippen molar-refractivity contribution in [2.45, 2.75) is 38.6 Å². The van der Waals surface area contributed by atoms with Gasteiger partial charge in [-0.25, -0.2) is 0 Å². The van der Waals surface area contributed by atoms with Crippen LogP contribution in [0.15, 0.2) is 24.3 Å². The summed E-state index contributed by atoms with van der Waals surface area (Å²) in [6.45, 7) is 2.47. The lowest BCUT2D eigenvalue weighted by molar-refractivity contribution is 0.299.